The molecule has 10 heteroatoms. The van der Waals surface area contributed by atoms with Gasteiger partial charge in [-0.15, -0.1) is 0 Å². The normalized spacial score (nSPS) is 19.0. The first-order chi connectivity index (χ1) is 21.8. The summed E-state index contributed by atoms with van der Waals surface area (Å²) in [6, 6.07) is 16.4. The van der Waals surface area contributed by atoms with E-state index in [0.29, 0.717) is 24.1 Å². The van der Waals surface area contributed by atoms with Crippen LogP contribution < -0.4 is 11.3 Å². The Bertz CT molecular complexity index is 1830. The Morgan fingerprint density at radius 3 is 2.33 bits per heavy atom. The van der Waals surface area contributed by atoms with Gasteiger partial charge in [-0.3, -0.25) is 9.59 Å². The summed E-state index contributed by atoms with van der Waals surface area (Å²) in [6.07, 6.45) is -1.88. The number of para-hydroxylation sites is 1. The van der Waals surface area contributed by atoms with Gasteiger partial charge in [-0.05, 0) is 67.6 Å². The van der Waals surface area contributed by atoms with Crippen molar-refractivity contribution in [2.75, 3.05) is 32.8 Å². The van der Waals surface area contributed by atoms with Gasteiger partial charge < -0.3 is 24.7 Å². The van der Waals surface area contributed by atoms with Crippen LogP contribution in [0.4, 0.5) is 13.2 Å². The molecule has 2 saturated heterocycles. The number of hydrogen-bond acceptors (Lipinski definition) is 5. The Balaban J connectivity index is 0.000000232. The molecule has 4 aromatic rings. The minimum absolute atomic E-state index is 0.0168. The number of pyridine rings is 1. The van der Waals surface area contributed by atoms with Crippen molar-refractivity contribution in [3.63, 3.8) is 0 Å². The lowest BCUT2D eigenvalue weighted by Crippen LogP contribution is -2.51. The molecule has 1 amide bonds. The number of aryl methyl sites for hydroxylation is 2. The van der Waals surface area contributed by atoms with Gasteiger partial charge in [-0.2, -0.15) is 13.2 Å². The largest absolute Gasteiger partial charge is 0.417 e. The second kappa shape index (κ2) is 13.4. The van der Waals surface area contributed by atoms with E-state index < -0.39 is 17.3 Å². The van der Waals surface area contributed by atoms with E-state index in [0.717, 1.165) is 56.6 Å². The number of alkyl halides is 3. The molecule has 0 radical (unpaired) electrons. The van der Waals surface area contributed by atoms with Crippen molar-refractivity contribution in [1.29, 1.82) is 0 Å². The van der Waals surface area contributed by atoms with Crippen LogP contribution in [0.5, 0.6) is 0 Å². The highest BCUT2D eigenvalue weighted by Gasteiger charge is 2.39. The first kappa shape index (κ1) is 33.3. The average molecular weight is 636 g/mol. The van der Waals surface area contributed by atoms with Gasteiger partial charge in [0.2, 0.25) is 5.91 Å². The van der Waals surface area contributed by atoms with Gasteiger partial charge in [0, 0.05) is 37.9 Å². The highest BCUT2D eigenvalue weighted by atomic mass is 19.4. The zero-order valence-corrected chi connectivity index (χ0v) is 26.5. The molecule has 6 rings (SSSR count). The average Bonchev–Trinajstić information content (AvgIpc) is 2.99. The standard InChI is InChI=1S/C25H20F3NO2.C11H20N2O2/c1-15(30)13-14-16-7-5-10-18-17(16)9-6-11-19(18)22-23(25(26,27)28)20-8-3-4-12-21(20)29(2)24(22)31;1-11(10(12)14)3-2-4-13(8-11)5-9-6-15-7-9/h3-12H,13-14H2,1-2H3;9H,2-8H2,1H3,(H2,12,14). The second-order valence-corrected chi connectivity index (χ2v) is 12.8. The molecule has 46 heavy (non-hydrogen) atoms. The van der Waals surface area contributed by atoms with Crippen LogP contribution >= 0.6 is 0 Å². The van der Waals surface area contributed by atoms with Crippen LogP contribution in [0.1, 0.15) is 44.2 Å². The molecule has 2 fully saturated rings. The van der Waals surface area contributed by atoms with Gasteiger partial charge in [0.1, 0.15) is 5.78 Å². The van der Waals surface area contributed by atoms with E-state index in [1.165, 1.54) is 36.7 Å². The third kappa shape index (κ3) is 6.88. The first-order valence-electron chi connectivity index (χ1n) is 15.6. The molecule has 1 atom stereocenters. The molecule has 0 aliphatic carbocycles. The quantitative estimate of drug-likeness (QED) is 0.264. The number of carbonyl (C=O) groups excluding carboxylic acids is 2. The molecule has 0 spiro atoms. The lowest BCUT2D eigenvalue weighted by Gasteiger charge is -2.41. The van der Waals surface area contributed by atoms with E-state index in [1.54, 1.807) is 30.3 Å². The zero-order valence-electron chi connectivity index (χ0n) is 26.5. The number of nitrogens with zero attached hydrogens (tertiary/aromatic N) is 2. The maximum absolute atomic E-state index is 14.3. The Hall–Kier alpha value is -4.02. The first-order valence-corrected chi connectivity index (χ1v) is 15.6. The molecule has 2 aliphatic heterocycles. The van der Waals surface area contributed by atoms with Gasteiger partial charge >= 0.3 is 6.18 Å². The van der Waals surface area contributed by atoms with Gasteiger partial charge in [-0.25, -0.2) is 0 Å². The number of benzene rings is 3. The van der Waals surface area contributed by atoms with Gasteiger partial charge in [0.25, 0.3) is 5.56 Å². The van der Waals surface area contributed by atoms with E-state index in [4.69, 9.17) is 10.5 Å². The molecule has 0 bridgehead atoms. The lowest BCUT2D eigenvalue weighted by atomic mass is 9.81. The zero-order chi connectivity index (χ0) is 33.2. The summed E-state index contributed by atoms with van der Waals surface area (Å²) in [6.45, 7) is 8.22. The van der Waals surface area contributed by atoms with E-state index in [-0.39, 0.29) is 39.1 Å². The van der Waals surface area contributed by atoms with Crippen molar-refractivity contribution in [2.45, 2.75) is 45.7 Å². The van der Waals surface area contributed by atoms with Crippen LogP contribution in [-0.2, 0) is 34.0 Å². The number of Topliss-reactive ketones (excluding diaryl/α,β-unsaturated/α-hetero) is 1. The molecule has 3 heterocycles. The maximum atomic E-state index is 14.3. The van der Waals surface area contributed by atoms with Crippen LogP contribution in [0.2, 0.25) is 0 Å². The third-order valence-corrected chi connectivity index (χ3v) is 9.21. The number of carbonyl (C=O) groups is 2. The number of fused-ring (bicyclic) bond motifs is 2. The van der Waals surface area contributed by atoms with Crippen molar-refractivity contribution in [3.05, 3.63) is 82.1 Å². The lowest BCUT2D eigenvalue weighted by molar-refractivity contribution is -0.136. The number of rotatable bonds is 7. The molecule has 244 valence electrons. The SMILES string of the molecule is CC(=O)CCc1cccc2c(-c3c(C(F)(F)F)c4ccccc4n(C)c3=O)cccc12.CC1(C(N)=O)CCCN(CC2COC2)C1. The summed E-state index contributed by atoms with van der Waals surface area (Å²) in [5.74, 6) is 0.549. The monoisotopic (exact) mass is 635 g/mol. The number of hydrogen-bond donors (Lipinski definition) is 1. The molecule has 0 saturated carbocycles. The van der Waals surface area contributed by atoms with Crippen molar-refractivity contribution in [3.8, 4) is 11.1 Å². The number of ketones is 1. The number of ether oxygens (including phenoxy) is 1. The number of primary amides is 1. The fourth-order valence-electron chi connectivity index (χ4n) is 6.62. The molecule has 2 aliphatic rings. The van der Waals surface area contributed by atoms with Crippen LogP contribution in [0.15, 0.2) is 65.5 Å². The summed E-state index contributed by atoms with van der Waals surface area (Å²) >= 11 is 0. The van der Waals surface area contributed by atoms with Crippen LogP contribution in [0.3, 0.4) is 0 Å². The predicted octanol–water partition coefficient (Wildman–Crippen LogP) is 6.12. The van der Waals surface area contributed by atoms with E-state index in [1.807, 2.05) is 19.1 Å². The molecule has 1 aromatic heterocycles. The Morgan fingerprint density at radius 1 is 1.00 bits per heavy atom. The van der Waals surface area contributed by atoms with E-state index in [2.05, 4.69) is 4.90 Å². The van der Waals surface area contributed by atoms with E-state index >= 15 is 0 Å². The molecular weight excluding hydrogens is 595 g/mol. The number of nitrogens with two attached hydrogens (primary N) is 1. The Labute approximate surface area is 266 Å². The molecule has 1 unspecified atom stereocenters. The summed E-state index contributed by atoms with van der Waals surface area (Å²) in [7, 11) is 1.48. The molecule has 2 N–H and O–H groups in total. The van der Waals surface area contributed by atoms with Crippen molar-refractivity contribution in [2.24, 2.45) is 24.1 Å². The predicted molar refractivity (Wildman–Crippen MR) is 173 cm³/mol. The Kier molecular flexibility index (Phi) is 9.70. The molecular formula is C36H40F3N3O4. The minimum atomic E-state index is -4.71. The van der Waals surface area contributed by atoms with Crippen LogP contribution in [0, 0.1) is 11.3 Å². The fraction of sp³-hybridized carbons (Fsp3) is 0.417. The number of aromatic nitrogens is 1. The van der Waals surface area contributed by atoms with E-state index in [9.17, 15) is 27.6 Å². The van der Waals surface area contributed by atoms with Gasteiger partial charge in [-0.1, -0.05) is 54.6 Å². The maximum Gasteiger partial charge on any atom is 0.417 e. The summed E-state index contributed by atoms with van der Waals surface area (Å²) in [5.41, 5.74) is 4.48. The third-order valence-electron chi connectivity index (χ3n) is 9.21. The van der Waals surface area contributed by atoms with Crippen molar-refractivity contribution >= 4 is 33.4 Å². The fourth-order valence-corrected chi connectivity index (χ4v) is 6.62. The molecule has 7 nitrogen and oxygen atoms in total. The minimum Gasteiger partial charge on any atom is -0.381 e. The van der Waals surface area contributed by atoms with Crippen LogP contribution in [-0.4, -0.2) is 54.0 Å². The van der Waals surface area contributed by atoms with Gasteiger partial charge in [0.15, 0.2) is 0 Å². The number of amides is 1. The molecule has 3 aromatic carbocycles. The van der Waals surface area contributed by atoms with Crippen molar-refractivity contribution in [1.82, 2.24) is 9.47 Å². The second-order valence-electron chi connectivity index (χ2n) is 12.8. The number of halogens is 3. The van der Waals surface area contributed by atoms with Crippen molar-refractivity contribution < 1.29 is 27.5 Å². The van der Waals surface area contributed by atoms with Gasteiger partial charge in [0.05, 0.1) is 35.3 Å². The number of likely N-dealkylation sites (tertiary alicyclic amines) is 1. The highest BCUT2D eigenvalue weighted by Crippen LogP contribution is 2.42. The smallest absolute Gasteiger partial charge is 0.381 e. The topological polar surface area (TPSA) is 94.6 Å². The summed E-state index contributed by atoms with van der Waals surface area (Å²) in [4.78, 5) is 38.4. The number of piperidine rings is 1. The summed E-state index contributed by atoms with van der Waals surface area (Å²) < 4.78 is 49.3. The highest BCUT2D eigenvalue weighted by molar-refractivity contribution is 6.01. The summed E-state index contributed by atoms with van der Waals surface area (Å²) in [5, 5.41) is 1.28. The van der Waals surface area contributed by atoms with Crippen LogP contribution in [0.25, 0.3) is 32.8 Å². The Morgan fingerprint density at radius 2 is 1.67 bits per heavy atom.